The van der Waals surface area contributed by atoms with Gasteiger partial charge in [0.05, 0.1) is 18.4 Å². The second kappa shape index (κ2) is 5.36. The van der Waals surface area contributed by atoms with Crippen LogP contribution in [0.4, 0.5) is 0 Å². The summed E-state index contributed by atoms with van der Waals surface area (Å²) in [6.45, 7) is 2.26. The first-order chi connectivity index (χ1) is 8.67. The minimum Gasteiger partial charge on any atom is -0.345 e. The van der Waals surface area contributed by atoms with Crippen LogP contribution >= 0.6 is 0 Å². The summed E-state index contributed by atoms with van der Waals surface area (Å²) in [5.41, 5.74) is 6.02. The topological polar surface area (TPSA) is 125 Å². The lowest BCUT2D eigenvalue weighted by Crippen LogP contribution is -2.27. The molecule has 2 aromatic heterocycles. The molecule has 3 N–H and O–H groups in total. The summed E-state index contributed by atoms with van der Waals surface area (Å²) in [6.07, 6.45) is 1.62. The second-order valence-electron chi connectivity index (χ2n) is 3.62. The third-order valence-electron chi connectivity index (χ3n) is 2.11. The lowest BCUT2D eigenvalue weighted by Gasteiger charge is -2.01. The second-order valence-corrected chi connectivity index (χ2v) is 3.62. The van der Waals surface area contributed by atoms with Gasteiger partial charge in [-0.3, -0.25) is 4.79 Å². The third-order valence-corrected chi connectivity index (χ3v) is 2.11. The van der Waals surface area contributed by atoms with Gasteiger partial charge in [0.2, 0.25) is 11.8 Å². The van der Waals surface area contributed by atoms with Gasteiger partial charge in [0.15, 0.2) is 5.82 Å². The molecule has 1 amide bonds. The predicted molar refractivity (Wildman–Crippen MR) is 58.8 cm³/mol. The highest BCUT2D eigenvalue weighted by Gasteiger charge is 2.07. The monoisotopic (exact) mass is 251 g/mol. The summed E-state index contributed by atoms with van der Waals surface area (Å²) in [7, 11) is 0. The zero-order valence-corrected chi connectivity index (χ0v) is 9.83. The van der Waals surface area contributed by atoms with Crippen LogP contribution in [0.5, 0.6) is 0 Å². The summed E-state index contributed by atoms with van der Waals surface area (Å²) in [5.74, 6) is 0.671. The lowest BCUT2D eigenvalue weighted by molar-refractivity contribution is -0.122. The van der Waals surface area contributed by atoms with Crippen molar-refractivity contribution in [2.24, 2.45) is 5.73 Å². The van der Waals surface area contributed by atoms with Gasteiger partial charge in [-0.15, -0.1) is 5.10 Å². The van der Waals surface area contributed by atoms with Gasteiger partial charge in [-0.1, -0.05) is 10.4 Å². The van der Waals surface area contributed by atoms with Crippen LogP contribution in [0.1, 0.15) is 17.4 Å². The number of carbonyl (C=O) groups is 1. The van der Waals surface area contributed by atoms with Crippen LogP contribution in [-0.4, -0.2) is 31.0 Å². The normalized spacial score (nSPS) is 10.6. The Hall–Kier alpha value is -2.29. The van der Waals surface area contributed by atoms with E-state index in [-0.39, 0.29) is 19.0 Å². The van der Waals surface area contributed by atoms with Crippen molar-refractivity contribution in [3.05, 3.63) is 23.6 Å². The molecule has 0 aliphatic heterocycles. The van der Waals surface area contributed by atoms with Crippen molar-refractivity contribution in [3.63, 3.8) is 0 Å². The Morgan fingerprint density at radius 1 is 1.61 bits per heavy atom. The van der Waals surface area contributed by atoms with E-state index in [0.717, 1.165) is 0 Å². The highest BCUT2D eigenvalue weighted by Crippen LogP contribution is 1.95. The van der Waals surface area contributed by atoms with Crippen molar-refractivity contribution in [3.8, 4) is 0 Å². The maximum Gasteiger partial charge on any atom is 0.246 e. The summed E-state index contributed by atoms with van der Waals surface area (Å²) < 4.78 is 6.27. The Bertz CT molecular complexity index is 533. The molecule has 0 radical (unpaired) electrons. The molecule has 96 valence electrons. The number of aryl methyl sites for hydroxylation is 1. The van der Waals surface area contributed by atoms with Crippen LogP contribution in [0.25, 0.3) is 0 Å². The van der Waals surface area contributed by atoms with Gasteiger partial charge in [-0.2, -0.15) is 4.98 Å². The lowest BCUT2D eigenvalue weighted by atomic mass is 10.5. The number of aromatic nitrogens is 5. The van der Waals surface area contributed by atoms with Crippen LogP contribution in [0, 0.1) is 6.92 Å². The maximum atomic E-state index is 11.6. The van der Waals surface area contributed by atoms with Gasteiger partial charge < -0.3 is 15.6 Å². The Morgan fingerprint density at radius 3 is 3.06 bits per heavy atom. The zero-order valence-electron chi connectivity index (χ0n) is 9.83. The molecule has 9 heteroatoms. The number of hydrogen-bond acceptors (Lipinski definition) is 7. The number of amides is 1. The van der Waals surface area contributed by atoms with Gasteiger partial charge in [0, 0.05) is 6.54 Å². The van der Waals surface area contributed by atoms with E-state index in [2.05, 4.69) is 25.8 Å². The predicted octanol–water partition coefficient (Wildman–Crippen LogP) is -1.26. The Balaban J connectivity index is 1.81. The first-order valence-corrected chi connectivity index (χ1v) is 5.32. The Morgan fingerprint density at radius 2 is 2.44 bits per heavy atom. The molecule has 0 bridgehead atoms. The fraction of sp³-hybridized carbons (Fsp3) is 0.444. The van der Waals surface area contributed by atoms with E-state index >= 15 is 0 Å². The minimum atomic E-state index is -0.223. The van der Waals surface area contributed by atoms with E-state index in [1.165, 1.54) is 4.68 Å². The molecule has 0 spiro atoms. The summed E-state index contributed by atoms with van der Waals surface area (Å²) >= 11 is 0. The minimum absolute atomic E-state index is 0.0696. The fourth-order valence-corrected chi connectivity index (χ4v) is 1.30. The van der Waals surface area contributed by atoms with Crippen LogP contribution in [0.15, 0.2) is 10.7 Å². The van der Waals surface area contributed by atoms with E-state index in [9.17, 15) is 4.79 Å². The molecule has 0 fully saturated rings. The van der Waals surface area contributed by atoms with E-state index in [4.69, 9.17) is 10.3 Å². The quantitative estimate of drug-likeness (QED) is 0.679. The zero-order chi connectivity index (χ0) is 13.0. The van der Waals surface area contributed by atoms with Crippen molar-refractivity contribution in [1.29, 1.82) is 0 Å². The first-order valence-electron chi connectivity index (χ1n) is 5.32. The van der Waals surface area contributed by atoms with Crippen LogP contribution in [-0.2, 0) is 24.4 Å². The van der Waals surface area contributed by atoms with Crippen molar-refractivity contribution in [2.45, 2.75) is 26.6 Å². The van der Waals surface area contributed by atoms with Gasteiger partial charge in [0.1, 0.15) is 6.54 Å². The van der Waals surface area contributed by atoms with Gasteiger partial charge in [0.25, 0.3) is 0 Å². The molecule has 0 saturated heterocycles. The largest absolute Gasteiger partial charge is 0.345 e. The van der Waals surface area contributed by atoms with Crippen molar-refractivity contribution in [1.82, 2.24) is 30.5 Å². The number of nitrogens with zero attached hydrogens (tertiary/aromatic N) is 5. The van der Waals surface area contributed by atoms with Crippen LogP contribution < -0.4 is 11.1 Å². The van der Waals surface area contributed by atoms with E-state index in [1.807, 2.05) is 0 Å². The fourth-order valence-electron chi connectivity index (χ4n) is 1.30. The van der Waals surface area contributed by atoms with E-state index in [1.54, 1.807) is 13.1 Å². The molecule has 0 aliphatic carbocycles. The molecule has 9 nitrogen and oxygen atoms in total. The van der Waals surface area contributed by atoms with Gasteiger partial charge in [-0.05, 0) is 6.92 Å². The number of nitrogens with two attached hydrogens (primary N) is 1. The molecular formula is C9H13N7O2. The van der Waals surface area contributed by atoms with Crippen LogP contribution in [0.3, 0.4) is 0 Å². The Kier molecular flexibility index (Phi) is 3.63. The number of rotatable bonds is 5. The summed E-state index contributed by atoms with van der Waals surface area (Å²) in [6, 6.07) is 0. The molecule has 2 heterocycles. The molecule has 0 saturated carbocycles. The molecule has 0 aromatic carbocycles. The molecule has 0 aliphatic rings. The summed E-state index contributed by atoms with van der Waals surface area (Å²) in [4.78, 5) is 15.5. The molecular weight excluding hydrogens is 238 g/mol. The van der Waals surface area contributed by atoms with Crippen molar-refractivity contribution >= 4 is 5.91 Å². The van der Waals surface area contributed by atoms with E-state index in [0.29, 0.717) is 24.0 Å². The maximum absolute atomic E-state index is 11.6. The van der Waals surface area contributed by atoms with Gasteiger partial charge in [-0.25, -0.2) is 4.68 Å². The van der Waals surface area contributed by atoms with E-state index < -0.39 is 0 Å². The highest BCUT2D eigenvalue weighted by molar-refractivity contribution is 5.75. The number of carbonyl (C=O) groups excluding carboxylic acids is 1. The first kappa shape index (κ1) is 12.2. The van der Waals surface area contributed by atoms with Crippen molar-refractivity contribution in [2.75, 3.05) is 0 Å². The summed E-state index contributed by atoms with van der Waals surface area (Å²) in [5, 5.41) is 13.8. The van der Waals surface area contributed by atoms with Crippen LogP contribution in [0.2, 0.25) is 0 Å². The standard InChI is InChI=1S/C9H13N7O2/c1-6-12-9(18-14-6)3-11-8(17)5-16-4-7(2-10)13-15-16/h4H,2-3,5,10H2,1H3,(H,11,17). The average molecular weight is 251 g/mol. The molecule has 0 atom stereocenters. The smallest absolute Gasteiger partial charge is 0.246 e. The molecule has 2 aromatic rings. The number of nitrogens with one attached hydrogen (secondary N) is 1. The Labute approximate surface area is 102 Å². The van der Waals surface area contributed by atoms with Crippen molar-refractivity contribution < 1.29 is 9.32 Å². The third kappa shape index (κ3) is 3.10. The number of hydrogen-bond donors (Lipinski definition) is 2. The SMILES string of the molecule is Cc1noc(CNC(=O)Cn2cc(CN)nn2)n1. The molecule has 2 rings (SSSR count). The molecule has 18 heavy (non-hydrogen) atoms. The highest BCUT2D eigenvalue weighted by atomic mass is 16.5. The average Bonchev–Trinajstić information content (AvgIpc) is 2.95. The molecule has 0 unspecified atom stereocenters. The van der Waals surface area contributed by atoms with Gasteiger partial charge >= 0.3 is 0 Å².